The lowest BCUT2D eigenvalue weighted by molar-refractivity contribution is -0.138. The van der Waals surface area contributed by atoms with Crippen LogP contribution in [0, 0.1) is 6.92 Å². The van der Waals surface area contributed by atoms with Gasteiger partial charge in [0.2, 0.25) is 0 Å². The monoisotopic (exact) mass is 213 g/mol. The molecule has 0 aliphatic heterocycles. The molecule has 0 unspecified atom stereocenters. The van der Waals surface area contributed by atoms with E-state index >= 15 is 0 Å². The van der Waals surface area contributed by atoms with E-state index in [1.165, 1.54) is 0 Å². The number of hydrogen-bond acceptors (Lipinski definition) is 2. The number of nitrogens with two attached hydrogens (primary N) is 1. The SMILES string of the molecule is CF.Cc1ccc(C[C@H](N)C(=O)O)cc1. The Balaban J connectivity index is 0.000000921. The Labute approximate surface area is 88.7 Å². The second kappa shape index (κ2) is 6.95. The summed E-state index contributed by atoms with van der Waals surface area (Å²) in [6.07, 6.45) is 0.385. The summed E-state index contributed by atoms with van der Waals surface area (Å²) in [6.45, 7) is 1.99. The molecular formula is C11H16FNO2. The quantitative estimate of drug-likeness (QED) is 0.800. The Morgan fingerprint density at radius 3 is 2.27 bits per heavy atom. The van der Waals surface area contributed by atoms with Gasteiger partial charge in [-0.2, -0.15) is 0 Å². The summed E-state index contributed by atoms with van der Waals surface area (Å²) in [5.74, 6) is -0.958. The van der Waals surface area contributed by atoms with Crippen molar-refractivity contribution in [3.05, 3.63) is 35.4 Å². The van der Waals surface area contributed by atoms with Gasteiger partial charge in [0.05, 0.1) is 7.18 Å². The summed E-state index contributed by atoms with van der Waals surface area (Å²) < 4.78 is 9.50. The summed E-state index contributed by atoms with van der Waals surface area (Å²) in [5, 5.41) is 8.57. The lowest BCUT2D eigenvalue weighted by Gasteiger charge is -2.05. The number of carboxylic acids is 1. The van der Waals surface area contributed by atoms with E-state index in [1.54, 1.807) is 0 Å². The van der Waals surface area contributed by atoms with E-state index in [4.69, 9.17) is 10.8 Å². The van der Waals surface area contributed by atoms with Crippen molar-refractivity contribution in [2.45, 2.75) is 19.4 Å². The molecule has 0 heterocycles. The van der Waals surface area contributed by atoms with Gasteiger partial charge in [-0.3, -0.25) is 9.18 Å². The first-order valence-corrected chi connectivity index (χ1v) is 4.51. The molecular weight excluding hydrogens is 197 g/mol. The minimum absolute atomic E-state index is 0.385. The van der Waals surface area contributed by atoms with E-state index in [1.807, 2.05) is 31.2 Å². The molecule has 1 aromatic carbocycles. The van der Waals surface area contributed by atoms with Crippen LogP contribution in [0.5, 0.6) is 0 Å². The van der Waals surface area contributed by atoms with Crippen LogP contribution in [0.1, 0.15) is 11.1 Å². The maximum Gasteiger partial charge on any atom is 0.320 e. The molecule has 0 saturated carbocycles. The number of carboxylic acid groups (broad SMARTS) is 1. The average molecular weight is 213 g/mol. The van der Waals surface area contributed by atoms with Crippen LogP contribution < -0.4 is 5.73 Å². The third kappa shape index (κ3) is 5.12. The lowest BCUT2D eigenvalue weighted by atomic mass is 10.1. The molecule has 0 saturated heterocycles. The van der Waals surface area contributed by atoms with Crippen molar-refractivity contribution >= 4 is 5.97 Å². The standard InChI is InChI=1S/C10H13NO2.CH3F/c1-7-2-4-8(5-3-7)6-9(11)10(12)13;1-2/h2-5,9H,6,11H2,1H3,(H,12,13);1H3/t9-;/m0./s1. The zero-order valence-corrected chi connectivity index (χ0v) is 8.90. The number of carbonyl (C=O) groups is 1. The van der Waals surface area contributed by atoms with Crippen LogP contribution in [0.3, 0.4) is 0 Å². The highest BCUT2D eigenvalue weighted by Crippen LogP contribution is 2.05. The first kappa shape index (κ1) is 13.6. The second-order valence-corrected chi connectivity index (χ2v) is 3.13. The Kier molecular flexibility index (Phi) is 6.29. The maximum absolute atomic E-state index is 10.4. The van der Waals surface area contributed by atoms with Crippen molar-refractivity contribution in [1.82, 2.24) is 0 Å². The lowest BCUT2D eigenvalue weighted by Crippen LogP contribution is -2.32. The Morgan fingerprint density at radius 1 is 1.40 bits per heavy atom. The molecule has 1 atom stereocenters. The third-order valence-electron chi connectivity index (χ3n) is 1.89. The highest BCUT2D eigenvalue weighted by Gasteiger charge is 2.11. The average Bonchev–Trinajstić information content (AvgIpc) is 2.24. The highest BCUT2D eigenvalue weighted by atomic mass is 19.1. The predicted molar refractivity (Wildman–Crippen MR) is 57.5 cm³/mol. The van der Waals surface area contributed by atoms with Gasteiger partial charge in [-0.15, -0.1) is 0 Å². The molecule has 3 nitrogen and oxygen atoms in total. The predicted octanol–water partition coefficient (Wildman–Crippen LogP) is 1.54. The molecule has 0 bridgehead atoms. The smallest absolute Gasteiger partial charge is 0.320 e. The fourth-order valence-corrected chi connectivity index (χ4v) is 1.07. The molecule has 0 aliphatic carbocycles. The van der Waals surface area contributed by atoms with Crippen LogP contribution in [-0.2, 0) is 11.2 Å². The van der Waals surface area contributed by atoms with Crippen LogP contribution in [0.2, 0.25) is 0 Å². The Morgan fingerprint density at radius 2 is 1.87 bits per heavy atom. The number of rotatable bonds is 3. The van der Waals surface area contributed by atoms with Gasteiger partial charge in [0, 0.05) is 0 Å². The minimum Gasteiger partial charge on any atom is -0.480 e. The zero-order chi connectivity index (χ0) is 11.8. The van der Waals surface area contributed by atoms with Gasteiger partial charge in [-0.05, 0) is 18.9 Å². The molecule has 3 N–H and O–H groups in total. The minimum atomic E-state index is -0.958. The van der Waals surface area contributed by atoms with Gasteiger partial charge in [-0.1, -0.05) is 29.8 Å². The summed E-state index contributed by atoms with van der Waals surface area (Å²) in [5.41, 5.74) is 7.51. The summed E-state index contributed by atoms with van der Waals surface area (Å²) in [7, 11) is 0.500. The van der Waals surface area contributed by atoms with Crippen LogP contribution in [0.25, 0.3) is 0 Å². The van der Waals surface area contributed by atoms with Crippen LogP contribution in [-0.4, -0.2) is 24.3 Å². The van der Waals surface area contributed by atoms with E-state index in [2.05, 4.69) is 0 Å². The molecule has 0 aliphatic rings. The summed E-state index contributed by atoms with van der Waals surface area (Å²) in [6, 6.07) is 6.90. The molecule has 0 aromatic heterocycles. The van der Waals surface area contributed by atoms with Gasteiger partial charge in [0.25, 0.3) is 0 Å². The summed E-state index contributed by atoms with van der Waals surface area (Å²) >= 11 is 0. The fourth-order valence-electron chi connectivity index (χ4n) is 1.07. The molecule has 15 heavy (non-hydrogen) atoms. The van der Waals surface area contributed by atoms with E-state index < -0.39 is 12.0 Å². The van der Waals surface area contributed by atoms with Gasteiger partial charge in [-0.25, -0.2) is 0 Å². The normalized spacial score (nSPS) is 11.2. The molecule has 0 fully saturated rings. The summed E-state index contributed by atoms with van der Waals surface area (Å²) in [4.78, 5) is 10.4. The van der Waals surface area contributed by atoms with E-state index in [9.17, 15) is 9.18 Å². The zero-order valence-electron chi connectivity index (χ0n) is 8.90. The molecule has 0 amide bonds. The van der Waals surface area contributed by atoms with Crippen molar-refractivity contribution < 1.29 is 14.3 Å². The van der Waals surface area contributed by atoms with Crippen LogP contribution in [0.15, 0.2) is 24.3 Å². The number of aryl methyl sites for hydroxylation is 1. The number of alkyl halides is 1. The van der Waals surface area contributed by atoms with Crippen molar-refractivity contribution in [1.29, 1.82) is 0 Å². The maximum atomic E-state index is 10.4. The topological polar surface area (TPSA) is 63.3 Å². The molecule has 0 spiro atoms. The highest BCUT2D eigenvalue weighted by molar-refractivity contribution is 5.73. The molecule has 4 heteroatoms. The van der Waals surface area contributed by atoms with Crippen LogP contribution in [0.4, 0.5) is 4.39 Å². The van der Waals surface area contributed by atoms with E-state index in [-0.39, 0.29) is 0 Å². The first-order valence-electron chi connectivity index (χ1n) is 4.51. The Bertz CT molecular complexity index is 298. The van der Waals surface area contributed by atoms with Crippen LogP contribution >= 0.6 is 0 Å². The third-order valence-corrected chi connectivity index (χ3v) is 1.89. The number of hydrogen-bond donors (Lipinski definition) is 2. The largest absolute Gasteiger partial charge is 0.480 e. The van der Waals surface area contributed by atoms with Crippen molar-refractivity contribution in [2.75, 3.05) is 7.18 Å². The number of benzene rings is 1. The molecule has 84 valence electrons. The first-order chi connectivity index (χ1) is 7.09. The molecule has 1 aromatic rings. The second-order valence-electron chi connectivity index (χ2n) is 3.13. The number of aliphatic carboxylic acids is 1. The van der Waals surface area contributed by atoms with Crippen molar-refractivity contribution in [3.63, 3.8) is 0 Å². The van der Waals surface area contributed by atoms with Crippen molar-refractivity contribution in [2.24, 2.45) is 5.73 Å². The molecule has 1 rings (SSSR count). The van der Waals surface area contributed by atoms with Gasteiger partial charge in [0.1, 0.15) is 6.04 Å². The van der Waals surface area contributed by atoms with Gasteiger partial charge < -0.3 is 10.8 Å². The Hall–Kier alpha value is -1.42. The van der Waals surface area contributed by atoms with E-state index in [0.29, 0.717) is 13.6 Å². The number of halogens is 1. The van der Waals surface area contributed by atoms with Crippen molar-refractivity contribution in [3.8, 4) is 0 Å². The van der Waals surface area contributed by atoms with E-state index in [0.717, 1.165) is 11.1 Å². The molecule has 0 radical (unpaired) electrons. The fraction of sp³-hybridized carbons (Fsp3) is 0.364. The van der Waals surface area contributed by atoms with Gasteiger partial charge in [0.15, 0.2) is 0 Å². The van der Waals surface area contributed by atoms with Gasteiger partial charge >= 0.3 is 5.97 Å².